The van der Waals surface area contributed by atoms with Crippen molar-refractivity contribution in [1.82, 2.24) is 4.98 Å². The van der Waals surface area contributed by atoms with Crippen molar-refractivity contribution in [3.05, 3.63) is 53.9 Å². The van der Waals surface area contributed by atoms with Crippen molar-refractivity contribution in [2.75, 3.05) is 7.11 Å². The minimum absolute atomic E-state index is 0.353. The highest BCUT2D eigenvalue weighted by Gasteiger charge is 2.02. The van der Waals surface area contributed by atoms with E-state index in [0.717, 1.165) is 12.0 Å². The van der Waals surface area contributed by atoms with Gasteiger partial charge in [0.1, 0.15) is 24.4 Å². The fraction of sp³-hybridized carbons (Fsp3) is 0.143. The maximum atomic E-state index is 10.8. The Morgan fingerprint density at radius 3 is 2.72 bits per heavy atom. The molecule has 2 aromatic rings. The number of methoxy groups -OCH3 is 1. The Balaban J connectivity index is 2.11. The van der Waals surface area contributed by atoms with E-state index in [-0.39, 0.29) is 0 Å². The van der Waals surface area contributed by atoms with Gasteiger partial charge in [-0.05, 0) is 24.3 Å². The minimum atomic E-state index is 0.353. The van der Waals surface area contributed by atoms with Gasteiger partial charge < -0.3 is 9.47 Å². The second-order valence-electron chi connectivity index (χ2n) is 3.67. The highest BCUT2D eigenvalue weighted by molar-refractivity contribution is 5.76. The summed E-state index contributed by atoms with van der Waals surface area (Å²) < 4.78 is 10.7. The summed E-state index contributed by atoms with van der Waals surface area (Å²) in [5, 5.41) is 0. The third kappa shape index (κ3) is 3.07. The van der Waals surface area contributed by atoms with Crippen molar-refractivity contribution < 1.29 is 14.3 Å². The largest absolute Gasteiger partial charge is 0.497 e. The lowest BCUT2D eigenvalue weighted by Crippen LogP contribution is -1.98. The van der Waals surface area contributed by atoms with E-state index in [1.807, 2.05) is 18.2 Å². The Hall–Kier alpha value is -2.36. The number of hydrogen-bond acceptors (Lipinski definition) is 4. The van der Waals surface area contributed by atoms with Crippen molar-refractivity contribution in [3.8, 4) is 11.5 Å². The van der Waals surface area contributed by atoms with Gasteiger partial charge in [-0.2, -0.15) is 0 Å². The SMILES string of the molecule is COc1cc(C=O)cc(OCc2ccccn2)c1. The van der Waals surface area contributed by atoms with Crippen LogP contribution in [-0.4, -0.2) is 18.4 Å². The standard InChI is InChI=1S/C14H13NO3/c1-17-13-6-11(9-16)7-14(8-13)18-10-12-4-2-3-5-15-12/h2-9H,10H2,1H3. The summed E-state index contributed by atoms with van der Waals surface area (Å²) in [6.45, 7) is 0.353. The molecule has 0 radical (unpaired) electrons. The first-order valence-electron chi connectivity index (χ1n) is 5.49. The third-order valence-electron chi connectivity index (χ3n) is 2.39. The summed E-state index contributed by atoms with van der Waals surface area (Å²) in [4.78, 5) is 14.9. The molecule has 18 heavy (non-hydrogen) atoms. The summed E-state index contributed by atoms with van der Waals surface area (Å²) in [7, 11) is 1.55. The zero-order valence-corrected chi connectivity index (χ0v) is 10.00. The predicted molar refractivity (Wildman–Crippen MR) is 67.0 cm³/mol. The van der Waals surface area contributed by atoms with Gasteiger partial charge in [0.2, 0.25) is 0 Å². The molecule has 1 heterocycles. The highest BCUT2D eigenvalue weighted by Crippen LogP contribution is 2.22. The summed E-state index contributed by atoms with van der Waals surface area (Å²) >= 11 is 0. The lowest BCUT2D eigenvalue weighted by molar-refractivity contribution is 0.112. The molecule has 0 aliphatic heterocycles. The van der Waals surface area contributed by atoms with Gasteiger partial charge in [0, 0.05) is 17.8 Å². The number of carbonyl (C=O) groups is 1. The van der Waals surface area contributed by atoms with E-state index in [2.05, 4.69) is 4.98 Å². The van der Waals surface area contributed by atoms with Crippen molar-refractivity contribution in [1.29, 1.82) is 0 Å². The smallest absolute Gasteiger partial charge is 0.150 e. The Bertz CT molecular complexity index is 526. The predicted octanol–water partition coefficient (Wildman–Crippen LogP) is 2.48. The highest BCUT2D eigenvalue weighted by atomic mass is 16.5. The molecule has 0 spiro atoms. The van der Waals surface area contributed by atoms with Gasteiger partial charge >= 0.3 is 0 Å². The monoisotopic (exact) mass is 243 g/mol. The van der Waals surface area contributed by atoms with Crippen LogP contribution in [0.3, 0.4) is 0 Å². The molecule has 4 heteroatoms. The number of rotatable bonds is 5. The summed E-state index contributed by atoms with van der Waals surface area (Å²) in [5.74, 6) is 1.18. The number of hydrogen-bond donors (Lipinski definition) is 0. The van der Waals surface area contributed by atoms with Crippen molar-refractivity contribution in [2.45, 2.75) is 6.61 Å². The molecular formula is C14H13NO3. The fourth-order valence-corrected chi connectivity index (χ4v) is 1.50. The van der Waals surface area contributed by atoms with Crippen molar-refractivity contribution >= 4 is 6.29 Å². The molecule has 92 valence electrons. The van der Waals surface area contributed by atoms with Crippen LogP contribution in [0.2, 0.25) is 0 Å². The molecule has 1 aromatic heterocycles. The lowest BCUT2D eigenvalue weighted by atomic mass is 10.2. The van der Waals surface area contributed by atoms with E-state index in [9.17, 15) is 4.79 Å². The molecule has 4 nitrogen and oxygen atoms in total. The minimum Gasteiger partial charge on any atom is -0.497 e. The van der Waals surface area contributed by atoms with Gasteiger partial charge in [-0.3, -0.25) is 9.78 Å². The van der Waals surface area contributed by atoms with E-state index in [1.165, 1.54) is 0 Å². The topological polar surface area (TPSA) is 48.4 Å². The molecule has 0 saturated heterocycles. The quantitative estimate of drug-likeness (QED) is 0.757. The van der Waals surface area contributed by atoms with Crippen LogP contribution in [0.25, 0.3) is 0 Å². The molecule has 0 N–H and O–H groups in total. The number of nitrogens with zero attached hydrogens (tertiary/aromatic N) is 1. The van der Waals surface area contributed by atoms with Gasteiger partial charge in [0.25, 0.3) is 0 Å². The van der Waals surface area contributed by atoms with Crippen LogP contribution in [0.5, 0.6) is 11.5 Å². The van der Waals surface area contributed by atoms with E-state index < -0.39 is 0 Å². The van der Waals surface area contributed by atoms with E-state index in [0.29, 0.717) is 23.7 Å². The number of carbonyl (C=O) groups excluding carboxylic acids is 1. The van der Waals surface area contributed by atoms with Crippen molar-refractivity contribution in [2.24, 2.45) is 0 Å². The number of benzene rings is 1. The van der Waals surface area contributed by atoms with Crippen LogP contribution in [0.15, 0.2) is 42.6 Å². The second-order valence-corrected chi connectivity index (χ2v) is 3.67. The number of aromatic nitrogens is 1. The number of ether oxygens (including phenoxy) is 2. The molecule has 0 saturated carbocycles. The van der Waals surface area contributed by atoms with Crippen LogP contribution in [0.4, 0.5) is 0 Å². The van der Waals surface area contributed by atoms with Crippen LogP contribution in [-0.2, 0) is 6.61 Å². The summed E-state index contributed by atoms with van der Waals surface area (Å²) in [6, 6.07) is 10.7. The Labute approximate surface area is 105 Å². The van der Waals surface area contributed by atoms with Crippen LogP contribution in [0, 0.1) is 0 Å². The van der Waals surface area contributed by atoms with E-state index in [4.69, 9.17) is 9.47 Å². The number of aldehydes is 1. The fourth-order valence-electron chi connectivity index (χ4n) is 1.50. The normalized spacial score (nSPS) is 9.83. The molecular weight excluding hydrogens is 230 g/mol. The van der Waals surface area contributed by atoms with Crippen LogP contribution in [0.1, 0.15) is 16.1 Å². The van der Waals surface area contributed by atoms with Crippen LogP contribution >= 0.6 is 0 Å². The van der Waals surface area contributed by atoms with Gasteiger partial charge in [0.15, 0.2) is 0 Å². The molecule has 0 atom stereocenters. The van der Waals surface area contributed by atoms with Crippen molar-refractivity contribution in [3.63, 3.8) is 0 Å². The first kappa shape index (κ1) is 12.1. The Morgan fingerprint density at radius 1 is 1.22 bits per heavy atom. The molecule has 0 aliphatic rings. The van der Waals surface area contributed by atoms with Gasteiger partial charge in [-0.15, -0.1) is 0 Å². The molecule has 0 amide bonds. The first-order valence-corrected chi connectivity index (χ1v) is 5.49. The third-order valence-corrected chi connectivity index (χ3v) is 2.39. The maximum Gasteiger partial charge on any atom is 0.150 e. The van der Waals surface area contributed by atoms with Gasteiger partial charge in [-0.25, -0.2) is 0 Å². The lowest BCUT2D eigenvalue weighted by Gasteiger charge is -2.08. The molecule has 2 rings (SSSR count). The zero-order valence-electron chi connectivity index (χ0n) is 10.00. The molecule has 0 unspecified atom stereocenters. The van der Waals surface area contributed by atoms with Gasteiger partial charge in [-0.1, -0.05) is 6.07 Å². The first-order chi connectivity index (χ1) is 8.81. The Kier molecular flexibility index (Phi) is 3.91. The van der Waals surface area contributed by atoms with Crippen LogP contribution < -0.4 is 9.47 Å². The zero-order chi connectivity index (χ0) is 12.8. The maximum absolute atomic E-state index is 10.8. The second kappa shape index (κ2) is 5.82. The van der Waals surface area contributed by atoms with Gasteiger partial charge in [0.05, 0.1) is 12.8 Å². The number of pyridine rings is 1. The Morgan fingerprint density at radius 2 is 2.06 bits per heavy atom. The summed E-state index contributed by atoms with van der Waals surface area (Å²) in [5.41, 5.74) is 1.35. The summed E-state index contributed by atoms with van der Waals surface area (Å²) in [6.07, 6.45) is 2.47. The van der Waals surface area contributed by atoms with E-state index in [1.54, 1.807) is 31.5 Å². The molecule has 0 fully saturated rings. The average Bonchev–Trinajstić information content (AvgIpc) is 2.45. The molecule has 0 aliphatic carbocycles. The van der Waals surface area contributed by atoms with E-state index >= 15 is 0 Å². The molecule has 0 bridgehead atoms. The molecule has 1 aromatic carbocycles. The average molecular weight is 243 g/mol.